The number of rotatable bonds is 4. The molecule has 0 bridgehead atoms. The van der Waals surface area contributed by atoms with E-state index in [1.54, 1.807) is 0 Å². The number of hydrogen-bond acceptors (Lipinski definition) is 0. The summed E-state index contributed by atoms with van der Waals surface area (Å²) in [4.78, 5) is 0. The Morgan fingerprint density at radius 2 is 1.88 bits per heavy atom. The molecule has 1 aliphatic carbocycles. The summed E-state index contributed by atoms with van der Waals surface area (Å²) in [6.45, 7) is 0. The molecular formula is C12H12ClF3. The van der Waals surface area contributed by atoms with Crippen molar-refractivity contribution < 1.29 is 13.2 Å². The maximum Gasteiger partial charge on any atom is 0.194 e. The van der Waals surface area contributed by atoms with Gasteiger partial charge in [-0.05, 0) is 43.2 Å². The van der Waals surface area contributed by atoms with Crippen LogP contribution in [0.25, 0.3) is 0 Å². The van der Waals surface area contributed by atoms with Gasteiger partial charge in [0.1, 0.15) is 0 Å². The van der Waals surface area contributed by atoms with E-state index in [2.05, 4.69) is 0 Å². The fraction of sp³-hybridized carbons (Fsp3) is 0.500. The third kappa shape index (κ3) is 2.51. The average Bonchev–Trinajstić information content (AvgIpc) is 3.08. The molecule has 1 saturated carbocycles. The van der Waals surface area contributed by atoms with Gasteiger partial charge in [-0.2, -0.15) is 0 Å². The largest absolute Gasteiger partial charge is 0.204 e. The van der Waals surface area contributed by atoms with E-state index in [1.807, 2.05) is 0 Å². The van der Waals surface area contributed by atoms with Gasteiger partial charge < -0.3 is 0 Å². The summed E-state index contributed by atoms with van der Waals surface area (Å²) in [5.41, 5.74) is 0.199. The second-order valence-corrected chi connectivity index (χ2v) is 4.79. The molecule has 1 unspecified atom stereocenters. The van der Waals surface area contributed by atoms with E-state index >= 15 is 0 Å². The minimum atomic E-state index is -1.39. The van der Waals surface area contributed by atoms with Crippen LogP contribution in [0.5, 0.6) is 0 Å². The third-order valence-corrected chi connectivity index (χ3v) is 3.51. The van der Waals surface area contributed by atoms with Crippen molar-refractivity contribution in [3.05, 3.63) is 35.1 Å². The fourth-order valence-electron chi connectivity index (χ4n) is 1.75. The maximum atomic E-state index is 13.3. The molecule has 88 valence electrons. The number of halogens is 4. The summed E-state index contributed by atoms with van der Waals surface area (Å²) in [5, 5.41) is 0.0208. The molecule has 0 amide bonds. The van der Waals surface area contributed by atoms with E-state index in [1.165, 1.54) is 6.07 Å². The van der Waals surface area contributed by atoms with Crippen LogP contribution >= 0.6 is 11.6 Å². The lowest BCUT2D eigenvalue weighted by Crippen LogP contribution is -2.05. The van der Waals surface area contributed by atoms with Crippen molar-refractivity contribution in [3.8, 4) is 0 Å². The molecule has 4 heteroatoms. The van der Waals surface area contributed by atoms with Gasteiger partial charge in [-0.25, -0.2) is 13.2 Å². The number of alkyl halides is 1. The third-order valence-electron chi connectivity index (χ3n) is 2.94. The molecule has 1 aliphatic rings. The standard InChI is InChI=1S/C12H12ClF3/c13-9(7-1-2-7)5-3-8-4-6-10(14)12(16)11(8)15/h4,6-7,9H,1-3,5H2. The van der Waals surface area contributed by atoms with Crippen molar-refractivity contribution in [2.24, 2.45) is 5.92 Å². The predicted molar refractivity (Wildman–Crippen MR) is 57.0 cm³/mol. The Morgan fingerprint density at radius 1 is 1.19 bits per heavy atom. The van der Waals surface area contributed by atoms with Gasteiger partial charge in [0.2, 0.25) is 0 Å². The Hall–Kier alpha value is -0.700. The molecule has 0 N–H and O–H groups in total. The Kier molecular flexibility index (Phi) is 3.43. The van der Waals surface area contributed by atoms with Gasteiger partial charge in [-0.3, -0.25) is 0 Å². The molecular weight excluding hydrogens is 237 g/mol. The van der Waals surface area contributed by atoms with Gasteiger partial charge in [-0.1, -0.05) is 6.07 Å². The molecule has 0 heterocycles. The highest BCUT2D eigenvalue weighted by Crippen LogP contribution is 2.37. The van der Waals surface area contributed by atoms with Gasteiger partial charge in [0.05, 0.1) is 0 Å². The zero-order chi connectivity index (χ0) is 11.7. The molecule has 1 atom stereocenters. The smallest absolute Gasteiger partial charge is 0.194 e. The summed E-state index contributed by atoms with van der Waals surface area (Å²) in [6, 6.07) is 2.23. The Balaban J connectivity index is 2.01. The Bertz CT molecular complexity index is 388. The predicted octanol–water partition coefficient (Wildman–Crippen LogP) is 4.05. The molecule has 2 rings (SSSR count). The van der Waals surface area contributed by atoms with Crippen LogP contribution in [-0.4, -0.2) is 5.38 Å². The first-order valence-electron chi connectivity index (χ1n) is 5.36. The van der Waals surface area contributed by atoms with Crippen molar-refractivity contribution in [2.75, 3.05) is 0 Å². The van der Waals surface area contributed by atoms with Crippen molar-refractivity contribution in [2.45, 2.75) is 31.1 Å². The number of hydrogen-bond donors (Lipinski definition) is 0. The topological polar surface area (TPSA) is 0 Å². The van der Waals surface area contributed by atoms with E-state index in [0.29, 0.717) is 18.8 Å². The summed E-state index contributed by atoms with van der Waals surface area (Å²) in [7, 11) is 0. The van der Waals surface area contributed by atoms with Crippen LogP contribution in [-0.2, 0) is 6.42 Å². The van der Waals surface area contributed by atoms with Crippen LogP contribution in [0.2, 0.25) is 0 Å². The molecule has 16 heavy (non-hydrogen) atoms. The minimum Gasteiger partial charge on any atom is -0.204 e. The molecule has 0 aliphatic heterocycles. The molecule has 1 aromatic rings. The van der Waals surface area contributed by atoms with Crippen LogP contribution in [0.4, 0.5) is 13.2 Å². The van der Waals surface area contributed by atoms with Crippen molar-refractivity contribution in [1.82, 2.24) is 0 Å². The lowest BCUT2D eigenvalue weighted by atomic mass is 10.1. The molecule has 0 aromatic heterocycles. The summed E-state index contributed by atoms with van der Waals surface area (Å²) in [6.07, 6.45) is 3.20. The van der Waals surface area contributed by atoms with Crippen LogP contribution < -0.4 is 0 Å². The van der Waals surface area contributed by atoms with Crippen molar-refractivity contribution in [3.63, 3.8) is 0 Å². The molecule has 0 spiro atoms. The van der Waals surface area contributed by atoms with Crippen LogP contribution in [0.15, 0.2) is 12.1 Å². The van der Waals surface area contributed by atoms with E-state index in [-0.39, 0.29) is 10.9 Å². The van der Waals surface area contributed by atoms with Crippen LogP contribution in [0.1, 0.15) is 24.8 Å². The van der Waals surface area contributed by atoms with Crippen molar-refractivity contribution >= 4 is 11.6 Å². The highest BCUT2D eigenvalue weighted by molar-refractivity contribution is 6.20. The highest BCUT2D eigenvalue weighted by atomic mass is 35.5. The SMILES string of the molecule is Fc1ccc(CCC(Cl)C2CC2)c(F)c1F. The van der Waals surface area contributed by atoms with Crippen LogP contribution in [0, 0.1) is 23.4 Å². The molecule has 0 radical (unpaired) electrons. The van der Waals surface area contributed by atoms with E-state index in [0.717, 1.165) is 18.9 Å². The van der Waals surface area contributed by atoms with Crippen LogP contribution in [0.3, 0.4) is 0 Å². The molecule has 0 nitrogen and oxygen atoms in total. The summed E-state index contributed by atoms with van der Waals surface area (Å²) < 4.78 is 38.8. The molecule has 0 saturated heterocycles. The first-order chi connectivity index (χ1) is 7.59. The second kappa shape index (κ2) is 4.66. The number of benzene rings is 1. The van der Waals surface area contributed by atoms with Gasteiger partial charge in [-0.15, -0.1) is 11.6 Å². The maximum absolute atomic E-state index is 13.3. The van der Waals surface area contributed by atoms with Crippen molar-refractivity contribution in [1.29, 1.82) is 0 Å². The van der Waals surface area contributed by atoms with Gasteiger partial charge >= 0.3 is 0 Å². The zero-order valence-corrected chi connectivity index (χ0v) is 9.41. The van der Waals surface area contributed by atoms with Gasteiger partial charge in [0, 0.05) is 5.38 Å². The minimum absolute atomic E-state index is 0.0208. The highest BCUT2D eigenvalue weighted by Gasteiger charge is 2.29. The first-order valence-corrected chi connectivity index (χ1v) is 5.79. The Morgan fingerprint density at radius 3 is 2.50 bits per heavy atom. The molecule has 1 aromatic carbocycles. The van der Waals surface area contributed by atoms with E-state index in [9.17, 15) is 13.2 Å². The van der Waals surface area contributed by atoms with Gasteiger partial charge in [0.25, 0.3) is 0 Å². The number of aryl methyl sites for hydroxylation is 1. The van der Waals surface area contributed by atoms with E-state index < -0.39 is 17.5 Å². The lowest BCUT2D eigenvalue weighted by Gasteiger charge is -2.08. The average molecular weight is 249 g/mol. The summed E-state index contributed by atoms with van der Waals surface area (Å²) >= 11 is 6.06. The zero-order valence-electron chi connectivity index (χ0n) is 8.65. The lowest BCUT2D eigenvalue weighted by molar-refractivity contribution is 0.439. The van der Waals surface area contributed by atoms with E-state index in [4.69, 9.17) is 11.6 Å². The molecule has 1 fully saturated rings. The van der Waals surface area contributed by atoms with Gasteiger partial charge in [0.15, 0.2) is 17.5 Å². The monoisotopic (exact) mass is 248 g/mol. The normalized spacial score (nSPS) is 17.5. The second-order valence-electron chi connectivity index (χ2n) is 4.23. The first kappa shape index (κ1) is 11.8. The fourth-order valence-corrected chi connectivity index (χ4v) is 2.11. The Labute approximate surface area is 97.4 Å². The summed E-state index contributed by atoms with van der Waals surface area (Å²) in [5.74, 6) is -3.10. The quantitative estimate of drug-likeness (QED) is 0.557.